The predicted molar refractivity (Wildman–Crippen MR) is 179 cm³/mol. The first kappa shape index (κ1) is 27.9. The van der Waals surface area contributed by atoms with Gasteiger partial charge in [0.05, 0.1) is 6.33 Å². The van der Waals surface area contributed by atoms with Crippen molar-refractivity contribution in [2.75, 3.05) is 0 Å². The van der Waals surface area contributed by atoms with Crippen LogP contribution in [0.1, 0.15) is 0 Å². The van der Waals surface area contributed by atoms with E-state index in [1.165, 1.54) is 26.8 Å². The normalized spacial score (nSPS) is 10.7. The zero-order valence-corrected chi connectivity index (χ0v) is 24.3. The molecule has 6 rings (SSSR count). The van der Waals surface area contributed by atoms with Crippen LogP contribution in [0.3, 0.4) is 0 Å². The fraction of sp³-hybridized carbons (Fsp3) is 0.0541. The summed E-state index contributed by atoms with van der Waals surface area (Å²) in [6.07, 6.45) is 8.87. The number of allylic oxidation sites excluding steroid dienone is 1. The van der Waals surface area contributed by atoms with Crippen LogP contribution in [0.15, 0.2) is 183 Å². The third-order valence-electron chi connectivity index (χ3n) is 7.56. The molecule has 0 fully saturated rings. The van der Waals surface area contributed by atoms with Crippen LogP contribution in [0.4, 0.5) is 0 Å². The van der Waals surface area contributed by atoms with Gasteiger partial charge in [-0.1, -0.05) is 184 Å². The summed E-state index contributed by atoms with van der Waals surface area (Å²) in [6, 6.07) is 54.8. The molecule has 5 aromatic carbocycles. The molecule has 0 aliphatic heterocycles. The number of hydrogen-bond donors (Lipinski definition) is 0. The summed E-state index contributed by atoms with van der Waals surface area (Å²) in [4.78, 5) is 4.21. The van der Waals surface area contributed by atoms with Gasteiger partial charge in [-0.2, -0.15) is 0 Å². The maximum atomic E-state index is 4.21. The third kappa shape index (κ3) is 6.92. The number of hydrogen-bond acceptors (Lipinski definition) is 1. The highest BCUT2D eigenvalue weighted by Crippen LogP contribution is 2.15. The Labute approximate surface area is 245 Å². The van der Waals surface area contributed by atoms with E-state index in [1.54, 1.807) is 0 Å². The first-order valence-electron chi connectivity index (χ1n) is 14.1. The van der Waals surface area contributed by atoms with Crippen LogP contribution in [0.2, 0.25) is 6.04 Å². The number of benzene rings is 5. The minimum Gasteiger partial charge on any atom is -0.340 e. The summed E-state index contributed by atoms with van der Waals surface area (Å²) in [7, 11) is -1.95. The largest absolute Gasteiger partial charge is 0.340 e. The smallest absolute Gasteiger partial charge is 0.241 e. The molecule has 0 amide bonds. The van der Waals surface area contributed by atoms with Gasteiger partial charge < -0.3 is 4.57 Å². The van der Waals surface area contributed by atoms with Gasteiger partial charge in [0, 0.05) is 18.6 Å². The number of nitrogens with zero attached hydrogens (tertiary/aromatic N) is 2. The maximum Gasteiger partial charge on any atom is 0.241 e. The molecular formula is C37H35BN2Si. The molecule has 0 spiro atoms. The van der Waals surface area contributed by atoms with Crippen molar-refractivity contribution in [3.63, 3.8) is 0 Å². The minimum absolute atomic E-state index is 0.309. The maximum absolute atomic E-state index is 4.21. The van der Waals surface area contributed by atoms with E-state index < -0.39 is 8.07 Å². The van der Waals surface area contributed by atoms with E-state index in [1.807, 2.05) is 12.5 Å². The second-order valence-electron chi connectivity index (χ2n) is 10.2. The number of aromatic nitrogens is 2. The second kappa shape index (κ2) is 14.1. The monoisotopic (exact) mass is 546 g/mol. The summed E-state index contributed by atoms with van der Waals surface area (Å²) in [6.45, 7) is 4.34. The van der Waals surface area contributed by atoms with E-state index in [0.29, 0.717) is 6.71 Å². The molecular weight excluding hydrogens is 511 g/mol. The SMILES string of the molecule is C=CC[Si](Cn1ccnc1)(c1ccccc1)c1ccccc1.c1ccc(B(c2ccccc2)c2ccccc2)cc1. The van der Waals surface area contributed by atoms with Crippen LogP contribution < -0.4 is 26.8 Å². The summed E-state index contributed by atoms with van der Waals surface area (Å²) in [5.74, 6) is 0. The van der Waals surface area contributed by atoms with Crippen molar-refractivity contribution in [2.45, 2.75) is 12.2 Å². The molecule has 0 bridgehead atoms. The van der Waals surface area contributed by atoms with Gasteiger partial charge in [-0.15, -0.1) is 6.58 Å². The lowest BCUT2D eigenvalue weighted by atomic mass is 9.37. The highest BCUT2D eigenvalue weighted by molar-refractivity contribution is 7.01. The van der Waals surface area contributed by atoms with Crippen molar-refractivity contribution in [3.05, 3.63) is 183 Å². The molecule has 0 N–H and O–H groups in total. The molecule has 6 aromatic rings. The van der Waals surface area contributed by atoms with Crippen molar-refractivity contribution in [1.82, 2.24) is 9.55 Å². The second-order valence-corrected chi connectivity index (χ2v) is 14.3. The Bertz CT molecular complexity index is 1440. The van der Waals surface area contributed by atoms with Crippen LogP contribution in [-0.4, -0.2) is 24.3 Å². The molecule has 0 saturated heterocycles. The van der Waals surface area contributed by atoms with E-state index >= 15 is 0 Å². The Morgan fingerprint density at radius 1 is 0.585 bits per heavy atom. The zero-order valence-electron chi connectivity index (χ0n) is 23.3. The molecule has 1 aromatic heterocycles. The molecule has 0 aliphatic carbocycles. The van der Waals surface area contributed by atoms with E-state index in [4.69, 9.17) is 0 Å². The minimum atomic E-state index is -1.95. The van der Waals surface area contributed by atoms with Crippen LogP contribution in [0, 0.1) is 0 Å². The summed E-state index contributed by atoms with van der Waals surface area (Å²) in [5, 5.41) is 2.88. The fourth-order valence-corrected chi connectivity index (χ4v) is 9.88. The van der Waals surface area contributed by atoms with Crippen LogP contribution in [-0.2, 0) is 6.17 Å². The summed E-state index contributed by atoms with van der Waals surface area (Å²) >= 11 is 0. The Morgan fingerprint density at radius 3 is 1.32 bits per heavy atom. The van der Waals surface area contributed by atoms with Gasteiger partial charge in [0.1, 0.15) is 8.07 Å². The average molecular weight is 547 g/mol. The van der Waals surface area contributed by atoms with Gasteiger partial charge in [-0.05, 0) is 6.04 Å². The molecule has 0 radical (unpaired) electrons. The van der Waals surface area contributed by atoms with E-state index in [9.17, 15) is 0 Å². The fourth-order valence-electron chi connectivity index (χ4n) is 5.62. The molecule has 4 heteroatoms. The average Bonchev–Trinajstić information content (AvgIpc) is 3.57. The topological polar surface area (TPSA) is 17.8 Å². The van der Waals surface area contributed by atoms with Crippen molar-refractivity contribution >= 4 is 41.5 Å². The number of rotatable bonds is 9. The molecule has 200 valence electrons. The van der Waals surface area contributed by atoms with Gasteiger partial charge >= 0.3 is 0 Å². The summed E-state index contributed by atoms with van der Waals surface area (Å²) < 4.78 is 2.20. The van der Waals surface area contributed by atoms with E-state index in [0.717, 1.165) is 12.2 Å². The van der Waals surface area contributed by atoms with Crippen molar-refractivity contribution in [3.8, 4) is 0 Å². The molecule has 0 unspecified atom stereocenters. The third-order valence-corrected chi connectivity index (χ3v) is 12.3. The Hall–Kier alpha value is -4.67. The number of imidazole rings is 1. The zero-order chi connectivity index (χ0) is 28.2. The van der Waals surface area contributed by atoms with Gasteiger partial charge in [0.25, 0.3) is 0 Å². The van der Waals surface area contributed by atoms with Gasteiger partial charge in [-0.25, -0.2) is 4.98 Å². The molecule has 0 aliphatic rings. The van der Waals surface area contributed by atoms with E-state index in [-0.39, 0.29) is 0 Å². The first-order chi connectivity index (χ1) is 20.3. The van der Waals surface area contributed by atoms with Crippen molar-refractivity contribution < 1.29 is 0 Å². The van der Waals surface area contributed by atoms with Crippen LogP contribution in [0.25, 0.3) is 0 Å². The predicted octanol–water partition coefficient (Wildman–Crippen LogP) is 5.07. The molecule has 41 heavy (non-hydrogen) atoms. The van der Waals surface area contributed by atoms with E-state index in [2.05, 4.69) is 180 Å². The highest BCUT2D eigenvalue weighted by atomic mass is 28.3. The standard InChI is InChI=1S/C19H20N2Si.C18H15B/c1-2-15-22(17-21-14-13-20-16-21,18-9-5-3-6-10-18)19-11-7-4-8-12-19;1-4-10-16(11-5-1)19(17-12-6-2-7-13-17)18-14-8-3-9-15-18/h2-14,16H,1,15,17H2;1-15H. The van der Waals surface area contributed by atoms with Crippen molar-refractivity contribution in [2.24, 2.45) is 0 Å². The lowest BCUT2D eigenvalue weighted by Crippen LogP contribution is -2.61. The molecule has 2 nitrogen and oxygen atoms in total. The van der Waals surface area contributed by atoms with Gasteiger partial charge in [0.2, 0.25) is 6.71 Å². The van der Waals surface area contributed by atoms with Crippen LogP contribution in [0.5, 0.6) is 0 Å². The molecule has 0 saturated carbocycles. The highest BCUT2D eigenvalue weighted by Gasteiger charge is 2.36. The summed E-state index contributed by atoms with van der Waals surface area (Å²) in [5.41, 5.74) is 4.00. The van der Waals surface area contributed by atoms with Crippen LogP contribution >= 0.6 is 0 Å². The first-order valence-corrected chi connectivity index (χ1v) is 16.5. The lowest BCUT2D eigenvalue weighted by molar-refractivity contribution is 0.855. The van der Waals surface area contributed by atoms with Gasteiger partial charge in [-0.3, -0.25) is 0 Å². The molecule has 1 heterocycles. The van der Waals surface area contributed by atoms with Gasteiger partial charge in [0.15, 0.2) is 0 Å². The Morgan fingerprint density at radius 2 is 0.976 bits per heavy atom. The Kier molecular flexibility index (Phi) is 9.59. The molecule has 0 atom stereocenters. The Balaban J connectivity index is 0.000000166. The lowest BCUT2D eigenvalue weighted by Gasteiger charge is -2.32. The quantitative estimate of drug-likeness (QED) is 0.183. The van der Waals surface area contributed by atoms with Crippen molar-refractivity contribution in [1.29, 1.82) is 0 Å².